The fourth-order valence-electron chi connectivity index (χ4n) is 6.09. The third-order valence-electron chi connectivity index (χ3n) is 8.50. The van der Waals surface area contributed by atoms with E-state index in [1.54, 1.807) is 24.4 Å². The minimum atomic E-state index is -0.477. The number of anilines is 3. The van der Waals surface area contributed by atoms with Gasteiger partial charge in [0.1, 0.15) is 23.2 Å². The number of pyridine rings is 1. The summed E-state index contributed by atoms with van der Waals surface area (Å²) in [7, 11) is 1.48. The van der Waals surface area contributed by atoms with Gasteiger partial charge in [0.25, 0.3) is 5.91 Å². The first-order valence-electron chi connectivity index (χ1n) is 15.4. The Morgan fingerprint density at radius 2 is 1.83 bits per heavy atom. The second kappa shape index (κ2) is 14.8. The molecule has 1 aliphatic heterocycles. The molecule has 0 spiro atoms. The number of carbonyl (C=O) groups is 1. The molecule has 0 bridgehead atoms. The molecule has 5 N–H and O–H groups in total. The number of piperidine rings is 1. The van der Waals surface area contributed by atoms with E-state index in [2.05, 4.69) is 25.5 Å². The van der Waals surface area contributed by atoms with Crippen molar-refractivity contribution in [1.82, 2.24) is 20.3 Å². The molecule has 0 unspecified atom stereocenters. The highest BCUT2D eigenvalue weighted by Gasteiger charge is 2.23. The molecule has 12 heteroatoms. The first-order chi connectivity index (χ1) is 21.9. The van der Waals surface area contributed by atoms with Crippen LogP contribution in [0.2, 0.25) is 0 Å². The van der Waals surface area contributed by atoms with Gasteiger partial charge >= 0.3 is 0 Å². The SMILES string of the molecule is COc1cccc(F)c1-c1nccc(Nc2cc(N3CCC[C@H](N)C3)c(-c3ccc(C(=O)NC4CCC(O)CC4)cc3)cn2)n1.Cl. The highest BCUT2D eigenvalue weighted by Crippen LogP contribution is 2.35. The van der Waals surface area contributed by atoms with Crippen LogP contribution in [0.25, 0.3) is 22.5 Å². The van der Waals surface area contributed by atoms with Crippen LogP contribution in [0.15, 0.2) is 67.0 Å². The second-order valence-corrected chi connectivity index (χ2v) is 11.7. The zero-order valence-corrected chi connectivity index (χ0v) is 26.5. The van der Waals surface area contributed by atoms with Crippen LogP contribution in [-0.4, -0.2) is 64.4 Å². The summed E-state index contributed by atoms with van der Waals surface area (Å²) in [6.07, 6.45) is 8.04. The lowest BCUT2D eigenvalue weighted by Gasteiger charge is -2.34. The number of carbonyl (C=O) groups excluding carboxylic acids is 1. The molecular formula is C34H39ClFN7O3. The monoisotopic (exact) mass is 647 g/mol. The normalized spacial score (nSPS) is 19.6. The summed E-state index contributed by atoms with van der Waals surface area (Å²) in [5.74, 6) is 0.964. The van der Waals surface area contributed by atoms with Crippen molar-refractivity contribution in [3.63, 3.8) is 0 Å². The second-order valence-electron chi connectivity index (χ2n) is 11.7. The fraction of sp³-hybridized carbons (Fsp3) is 0.353. The van der Waals surface area contributed by atoms with E-state index in [-0.39, 0.29) is 47.9 Å². The van der Waals surface area contributed by atoms with Crippen molar-refractivity contribution in [3.8, 4) is 28.3 Å². The van der Waals surface area contributed by atoms with Gasteiger partial charge in [-0.25, -0.2) is 19.3 Å². The number of hydrogen-bond donors (Lipinski definition) is 4. The number of hydrogen-bond acceptors (Lipinski definition) is 9. The van der Waals surface area contributed by atoms with Gasteiger partial charge < -0.3 is 31.1 Å². The standard InChI is InChI=1S/C34H38FN7O3.ClH/c1-45-29-6-2-5-27(35)32(29)33-37-16-15-30(41-33)40-31-18-28(42-17-3-4-23(36)20-42)26(19-38-31)21-7-9-22(10-8-21)34(44)39-24-11-13-25(43)14-12-24;/h2,5-10,15-16,18-19,23-25,43H,3-4,11-14,17,20,36H2,1H3,(H,39,44)(H,37,38,40,41);1H/t23-,24?,25?;/m0./s1. The Morgan fingerprint density at radius 3 is 2.57 bits per heavy atom. The average molecular weight is 648 g/mol. The molecule has 46 heavy (non-hydrogen) atoms. The number of halogens is 2. The van der Waals surface area contributed by atoms with Crippen molar-refractivity contribution in [1.29, 1.82) is 0 Å². The van der Waals surface area contributed by atoms with Gasteiger partial charge in [0, 0.05) is 60.4 Å². The summed E-state index contributed by atoms with van der Waals surface area (Å²) in [5.41, 5.74) is 9.95. The van der Waals surface area contributed by atoms with Gasteiger partial charge in [0.05, 0.1) is 18.8 Å². The number of aromatic nitrogens is 3. The minimum absolute atomic E-state index is 0. The highest BCUT2D eigenvalue weighted by atomic mass is 35.5. The molecule has 4 aromatic rings. The first-order valence-corrected chi connectivity index (χ1v) is 15.4. The molecule has 1 amide bonds. The molecule has 2 aromatic heterocycles. The van der Waals surface area contributed by atoms with Crippen LogP contribution in [0.1, 0.15) is 48.9 Å². The summed E-state index contributed by atoms with van der Waals surface area (Å²) in [5, 5.41) is 16.1. The Labute approximate surface area is 274 Å². The maximum atomic E-state index is 14.7. The van der Waals surface area contributed by atoms with Crippen LogP contribution in [0.3, 0.4) is 0 Å². The summed E-state index contributed by atoms with van der Waals surface area (Å²) in [6, 6.07) is 15.9. The third kappa shape index (κ3) is 7.55. The molecule has 0 radical (unpaired) electrons. The van der Waals surface area contributed by atoms with Gasteiger partial charge in [0.2, 0.25) is 0 Å². The Bertz CT molecular complexity index is 1650. The number of benzene rings is 2. The van der Waals surface area contributed by atoms with Crippen molar-refractivity contribution >= 4 is 35.6 Å². The van der Waals surface area contributed by atoms with Crippen molar-refractivity contribution in [3.05, 3.63) is 78.4 Å². The van der Waals surface area contributed by atoms with Crippen LogP contribution in [0, 0.1) is 5.82 Å². The van der Waals surface area contributed by atoms with Crippen molar-refractivity contribution in [2.45, 2.75) is 56.7 Å². The third-order valence-corrected chi connectivity index (χ3v) is 8.50. The molecule has 2 aromatic carbocycles. The lowest BCUT2D eigenvalue weighted by atomic mass is 9.93. The quantitative estimate of drug-likeness (QED) is 0.196. The van der Waals surface area contributed by atoms with E-state index in [4.69, 9.17) is 15.5 Å². The van der Waals surface area contributed by atoms with Crippen LogP contribution in [0.4, 0.5) is 21.7 Å². The van der Waals surface area contributed by atoms with E-state index < -0.39 is 5.82 Å². The minimum Gasteiger partial charge on any atom is -0.496 e. The van der Waals surface area contributed by atoms with Gasteiger partial charge in [-0.05, 0) is 74.4 Å². The molecular weight excluding hydrogens is 609 g/mol. The zero-order chi connectivity index (χ0) is 31.3. The Morgan fingerprint density at radius 1 is 1.04 bits per heavy atom. The predicted molar refractivity (Wildman–Crippen MR) is 179 cm³/mol. The van der Waals surface area contributed by atoms with Gasteiger partial charge in [-0.2, -0.15) is 0 Å². The molecule has 3 heterocycles. The molecule has 1 aliphatic carbocycles. The number of methoxy groups -OCH3 is 1. The number of nitrogens with two attached hydrogens (primary N) is 1. The lowest BCUT2D eigenvalue weighted by molar-refractivity contribution is 0.0867. The number of aliphatic hydroxyl groups is 1. The fourth-order valence-corrected chi connectivity index (χ4v) is 6.09. The van der Waals surface area contributed by atoms with E-state index >= 15 is 0 Å². The van der Waals surface area contributed by atoms with E-state index in [0.29, 0.717) is 42.3 Å². The van der Waals surface area contributed by atoms with Gasteiger partial charge in [0.15, 0.2) is 5.82 Å². The van der Waals surface area contributed by atoms with Gasteiger partial charge in [-0.1, -0.05) is 18.2 Å². The van der Waals surface area contributed by atoms with Crippen LogP contribution >= 0.6 is 12.4 Å². The van der Waals surface area contributed by atoms with E-state index in [9.17, 15) is 14.3 Å². The topological polar surface area (TPSA) is 139 Å². The first kappa shape index (κ1) is 33.1. The van der Waals surface area contributed by atoms with Gasteiger partial charge in [-0.3, -0.25) is 4.79 Å². The summed E-state index contributed by atoms with van der Waals surface area (Å²) >= 11 is 0. The summed E-state index contributed by atoms with van der Waals surface area (Å²) < 4.78 is 20.1. The van der Waals surface area contributed by atoms with E-state index in [0.717, 1.165) is 49.0 Å². The number of aliphatic hydroxyl groups excluding tert-OH is 1. The molecule has 242 valence electrons. The van der Waals surface area contributed by atoms with E-state index in [1.165, 1.54) is 13.2 Å². The average Bonchev–Trinajstić information content (AvgIpc) is 3.06. The Kier molecular flexibility index (Phi) is 10.7. The number of nitrogens with one attached hydrogen (secondary N) is 2. The van der Waals surface area contributed by atoms with Gasteiger partial charge in [-0.15, -0.1) is 12.4 Å². The number of ether oxygens (including phenoxy) is 1. The van der Waals surface area contributed by atoms with Crippen LogP contribution < -0.4 is 26.0 Å². The predicted octanol–water partition coefficient (Wildman–Crippen LogP) is 5.48. The highest BCUT2D eigenvalue weighted by molar-refractivity contribution is 5.95. The van der Waals surface area contributed by atoms with Crippen molar-refractivity contribution in [2.24, 2.45) is 5.73 Å². The summed E-state index contributed by atoms with van der Waals surface area (Å²) in [4.78, 5) is 28.7. The summed E-state index contributed by atoms with van der Waals surface area (Å²) in [6.45, 7) is 1.56. The number of amides is 1. The number of rotatable bonds is 8. The van der Waals surface area contributed by atoms with Crippen molar-refractivity contribution in [2.75, 3.05) is 30.4 Å². The van der Waals surface area contributed by atoms with E-state index in [1.807, 2.05) is 36.5 Å². The maximum absolute atomic E-state index is 14.7. The molecule has 1 saturated heterocycles. The molecule has 10 nitrogen and oxygen atoms in total. The number of nitrogens with zero attached hydrogens (tertiary/aromatic N) is 4. The largest absolute Gasteiger partial charge is 0.496 e. The molecule has 6 rings (SSSR count). The molecule has 1 saturated carbocycles. The Hall–Kier alpha value is -4.32. The van der Waals surface area contributed by atoms with Crippen LogP contribution in [0.5, 0.6) is 5.75 Å². The van der Waals surface area contributed by atoms with Crippen molar-refractivity contribution < 1.29 is 19.0 Å². The maximum Gasteiger partial charge on any atom is 0.251 e. The molecule has 2 aliphatic rings. The Balaban J connectivity index is 0.00000417. The lowest BCUT2D eigenvalue weighted by Crippen LogP contribution is -2.43. The molecule has 2 fully saturated rings. The molecule has 1 atom stereocenters. The smallest absolute Gasteiger partial charge is 0.251 e. The zero-order valence-electron chi connectivity index (χ0n) is 25.7. The van der Waals surface area contributed by atoms with Crippen LogP contribution in [-0.2, 0) is 0 Å².